The van der Waals surface area contributed by atoms with Crippen LogP contribution in [-0.4, -0.2) is 55.1 Å². The van der Waals surface area contributed by atoms with Crippen LogP contribution in [0, 0.1) is 6.92 Å². The molecule has 1 aliphatic rings. The van der Waals surface area contributed by atoms with E-state index in [0.717, 1.165) is 41.1 Å². The van der Waals surface area contributed by atoms with Crippen LogP contribution in [0.5, 0.6) is 0 Å². The number of benzene rings is 2. The summed E-state index contributed by atoms with van der Waals surface area (Å²) >= 11 is 6.12. The Bertz CT molecular complexity index is 1120. The van der Waals surface area contributed by atoms with Crippen molar-refractivity contribution < 1.29 is 18.0 Å². The topological polar surface area (TPSA) is 86.8 Å². The van der Waals surface area contributed by atoms with Gasteiger partial charge in [-0.1, -0.05) is 54.3 Å². The molecule has 1 saturated carbocycles. The molecule has 0 aliphatic heterocycles. The molecule has 0 aromatic heterocycles. The van der Waals surface area contributed by atoms with E-state index in [4.69, 9.17) is 11.6 Å². The minimum atomic E-state index is -3.86. The molecule has 1 aliphatic carbocycles. The van der Waals surface area contributed by atoms with Gasteiger partial charge in [0.25, 0.3) is 0 Å². The number of aryl methyl sites for hydroxylation is 1. The summed E-state index contributed by atoms with van der Waals surface area (Å²) in [6.07, 6.45) is 4.01. The van der Waals surface area contributed by atoms with E-state index in [0.29, 0.717) is 5.02 Å². The van der Waals surface area contributed by atoms with Crippen LogP contribution in [0.15, 0.2) is 53.4 Å². The molecule has 1 fully saturated rings. The summed E-state index contributed by atoms with van der Waals surface area (Å²) in [6, 6.07) is 12.9. The fourth-order valence-electron chi connectivity index (χ4n) is 4.06. The van der Waals surface area contributed by atoms with Crippen LogP contribution >= 0.6 is 11.6 Å². The Balaban J connectivity index is 1.79. The standard InChI is InChI=1S/C25H32ClN3O4S/c1-18-11-13-23(14-12-18)34(32,33)28(3)17-24(30)29(16-20-7-6-8-21(26)15-20)19(2)25(31)27-22-9-4-5-10-22/h6-8,11-15,19,22H,4-5,9-10,16-17H2,1-3H3,(H,27,31). The molecule has 184 valence electrons. The van der Waals surface area contributed by atoms with E-state index in [1.165, 1.54) is 24.1 Å². The summed E-state index contributed by atoms with van der Waals surface area (Å²) < 4.78 is 27.0. The van der Waals surface area contributed by atoms with E-state index < -0.39 is 28.5 Å². The van der Waals surface area contributed by atoms with Crippen LogP contribution in [0.2, 0.25) is 5.02 Å². The van der Waals surface area contributed by atoms with Crippen molar-refractivity contribution in [2.45, 2.75) is 63.1 Å². The molecule has 2 aromatic rings. The maximum absolute atomic E-state index is 13.4. The lowest BCUT2D eigenvalue weighted by atomic mass is 10.1. The van der Waals surface area contributed by atoms with Crippen LogP contribution in [-0.2, 0) is 26.2 Å². The molecule has 34 heavy (non-hydrogen) atoms. The second-order valence-electron chi connectivity index (χ2n) is 8.89. The van der Waals surface area contributed by atoms with Crippen molar-refractivity contribution in [3.63, 3.8) is 0 Å². The minimum Gasteiger partial charge on any atom is -0.352 e. The number of nitrogens with one attached hydrogen (secondary N) is 1. The highest BCUT2D eigenvalue weighted by Gasteiger charge is 2.31. The number of hydrogen-bond acceptors (Lipinski definition) is 4. The highest BCUT2D eigenvalue weighted by Crippen LogP contribution is 2.20. The average molecular weight is 506 g/mol. The number of amides is 2. The lowest BCUT2D eigenvalue weighted by Gasteiger charge is -2.31. The summed E-state index contributed by atoms with van der Waals surface area (Å²) in [5.74, 6) is -0.710. The summed E-state index contributed by atoms with van der Waals surface area (Å²) in [5, 5.41) is 3.56. The van der Waals surface area contributed by atoms with E-state index in [1.54, 1.807) is 37.3 Å². The zero-order valence-electron chi connectivity index (χ0n) is 19.8. The van der Waals surface area contributed by atoms with Crippen LogP contribution in [0.25, 0.3) is 0 Å². The van der Waals surface area contributed by atoms with Crippen molar-refractivity contribution in [1.29, 1.82) is 0 Å². The van der Waals surface area contributed by atoms with Gasteiger partial charge in [0, 0.05) is 24.7 Å². The molecular weight excluding hydrogens is 474 g/mol. The lowest BCUT2D eigenvalue weighted by Crippen LogP contribution is -2.52. The molecule has 1 unspecified atom stereocenters. The minimum absolute atomic E-state index is 0.113. The molecule has 9 heteroatoms. The van der Waals surface area contributed by atoms with Gasteiger partial charge in [-0.05, 0) is 56.5 Å². The van der Waals surface area contributed by atoms with Crippen molar-refractivity contribution in [1.82, 2.24) is 14.5 Å². The molecule has 1 atom stereocenters. The molecule has 2 aromatic carbocycles. The van der Waals surface area contributed by atoms with Gasteiger partial charge in [0.15, 0.2) is 0 Å². The van der Waals surface area contributed by atoms with Crippen molar-refractivity contribution in [3.05, 3.63) is 64.7 Å². The Kier molecular flexibility index (Phi) is 8.73. The molecule has 3 rings (SSSR count). The van der Waals surface area contributed by atoms with E-state index >= 15 is 0 Å². The predicted octanol–water partition coefficient (Wildman–Crippen LogP) is 3.75. The van der Waals surface area contributed by atoms with Crippen molar-refractivity contribution in [2.75, 3.05) is 13.6 Å². The number of carbonyl (C=O) groups excluding carboxylic acids is 2. The molecule has 0 spiro atoms. The zero-order chi connectivity index (χ0) is 24.9. The van der Waals surface area contributed by atoms with Gasteiger partial charge in [0.05, 0.1) is 11.4 Å². The van der Waals surface area contributed by atoms with Crippen LogP contribution in [0.1, 0.15) is 43.7 Å². The number of rotatable bonds is 9. The number of nitrogens with zero attached hydrogens (tertiary/aromatic N) is 2. The Morgan fingerprint density at radius 2 is 1.76 bits per heavy atom. The maximum atomic E-state index is 13.4. The van der Waals surface area contributed by atoms with Gasteiger partial charge < -0.3 is 10.2 Å². The molecule has 1 N–H and O–H groups in total. The third kappa shape index (κ3) is 6.58. The van der Waals surface area contributed by atoms with E-state index in [9.17, 15) is 18.0 Å². The number of sulfonamides is 1. The number of hydrogen-bond donors (Lipinski definition) is 1. The van der Waals surface area contributed by atoms with Gasteiger partial charge in [0.2, 0.25) is 21.8 Å². The van der Waals surface area contributed by atoms with Gasteiger partial charge in [0.1, 0.15) is 6.04 Å². The fraction of sp³-hybridized carbons (Fsp3) is 0.440. The second kappa shape index (κ2) is 11.3. The van der Waals surface area contributed by atoms with Crippen LogP contribution in [0.4, 0.5) is 0 Å². The molecule has 2 amide bonds. The Labute approximate surface area is 207 Å². The fourth-order valence-corrected chi connectivity index (χ4v) is 5.40. The molecule has 0 bridgehead atoms. The normalized spacial score (nSPS) is 15.3. The van der Waals surface area contributed by atoms with E-state index in [2.05, 4.69) is 5.32 Å². The van der Waals surface area contributed by atoms with E-state index in [-0.39, 0.29) is 23.4 Å². The number of halogens is 1. The highest BCUT2D eigenvalue weighted by molar-refractivity contribution is 7.89. The summed E-state index contributed by atoms with van der Waals surface area (Å²) in [7, 11) is -2.50. The third-order valence-electron chi connectivity index (χ3n) is 6.20. The molecule has 0 radical (unpaired) electrons. The van der Waals surface area contributed by atoms with Gasteiger partial charge in [-0.25, -0.2) is 8.42 Å². The number of carbonyl (C=O) groups is 2. The quantitative estimate of drug-likeness (QED) is 0.562. The molecule has 0 saturated heterocycles. The highest BCUT2D eigenvalue weighted by atomic mass is 35.5. The van der Waals surface area contributed by atoms with Gasteiger partial charge >= 0.3 is 0 Å². The summed E-state index contributed by atoms with van der Waals surface area (Å²) in [4.78, 5) is 27.9. The smallest absolute Gasteiger partial charge is 0.243 e. The Morgan fingerprint density at radius 1 is 1.12 bits per heavy atom. The van der Waals surface area contributed by atoms with Crippen LogP contribution in [0.3, 0.4) is 0 Å². The van der Waals surface area contributed by atoms with Crippen molar-refractivity contribution in [2.24, 2.45) is 0 Å². The third-order valence-corrected chi connectivity index (χ3v) is 8.25. The van der Waals surface area contributed by atoms with Crippen LogP contribution < -0.4 is 5.32 Å². The monoisotopic (exact) mass is 505 g/mol. The Hall–Kier alpha value is -2.42. The summed E-state index contributed by atoms with van der Waals surface area (Å²) in [6.45, 7) is 3.28. The zero-order valence-corrected chi connectivity index (χ0v) is 21.4. The number of likely N-dealkylation sites (N-methyl/N-ethyl adjacent to an activating group) is 1. The molecule has 0 heterocycles. The first-order valence-electron chi connectivity index (χ1n) is 11.4. The first kappa shape index (κ1) is 26.2. The summed E-state index contributed by atoms with van der Waals surface area (Å²) in [5.41, 5.74) is 1.69. The Morgan fingerprint density at radius 3 is 2.38 bits per heavy atom. The largest absolute Gasteiger partial charge is 0.352 e. The van der Waals surface area contributed by atoms with Crippen molar-refractivity contribution >= 4 is 33.4 Å². The lowest BCUT2D eigenvalue weighted by molar-refractivity contribution is -0.140. The first-order valence-corrected chi connectivity index (χ1v) is 13.3. The SMILES string of the molecule is Cc1ccc(S(=O)(=O)N(C)CC(=O)N(Cc2cccc(Cl)c2)C(C)C(=O)NC2CCCC2)cc1. The second-order valence-corrected chi connectivity index (χ2v) is 11.4. The molecule has 7 nitrogen and oxygen atoms in total. The first-order chi connectivity index (χ1) is 16.1. The predicted molar refractivity (Wildman–Crippen MR) is 133 cm³/mol. The van der Waals surface area contributed by atoms with Gasteiger partial charge in [-0.15, -0.1) is 0 Å². The average Bonchev–Trinajstić information content (AvgIpc) is 3.30. The van der Waals surface area contributed by atoms with Gasteiger partial charge in [-0.2, -0.15) is 4.31 Å². The maximum Gasteiger partial charge on any atom is 0.243 e. The molecular formula is C25H32ClN3O4S. The van der Waals surface area contributed by atoms with Gasteiger partial charge in [-0.3, -0.25) is 9.59 Å². The van der Waals surface area contributed by atoms with E-state index in [1.807, 2.05) is 13.0 Å². The van der Waals surface area contributed by atoms with Crippen molar-refractivity contribution in [3.8, 4) is 0 Å².